The fraction of sp³-hybridized carbons (Fsp3) is 0.385. The number of allylic oxidation sites excluding steroid dienone is 1. The third-order valence-electron chi connectivity index (χ3n) is 2.89. The Balaban J connectivity index is 2.40. The van der Waals surface area contributed by atoms with Crippen molar-refractivity contribution < 1.29 is 9.50 Å². The quantitative estimate of drug-likeness (QED) is 0.748. The lowest BCUT2D eigenvalue weighted by Crippen LogP contribution is -2.09. The van der Waals surface area contributed by atoms with Crippen molar-refractivity contribution in [2.24, 2.45) is 0 Å². The number of rotatable bonds is 1. The molecule has 1 unspecified atom stereocenters. The van der Waals surface area contributed by atoms with Gasteiger partial charge in [-0.3, -0.25) is 0 Å². The normalized spacial score (nSPS) is 21.3. The minimum absolute atomic E-state index is 0.212. The van der Waals surface area contributed by atoms with Crippen LogP contribution in [-0.4, -0.2) is 11.2 Å². The zero-order valence-electron chi connectivity index (χ0n) is 8.83. The highest BCUT2D eigenvalue weighted by molar-refractivity contribution is 5.69. The van der Waals surface area contributed by atoms with E-state index in [1.54, 1.807) is 12.1 Å². The lowest BCUT2D eigenvalue weighted by atomic mass is 9.90. The van der Waals surface area contributed by atoms with Gasteiger partial charge >= 0.3 is 0 Å². The second-order valence-electron chi connectivity index (χ2n) is 4.11. The van der Waals surface area contributed by atoms with Gasteiger partial charge in [0.05, 0.1) is 6.10 Å². The Labute approximate surface area is 89.3 Å². The van der Waals surface area contributed by atoms with Crippen LogP contribution in [-0.2, 0) is 0 Å². The van der Waals surface area contributed by atoms with Crippen LogP contribution in [0.2, 0.25) is 0 Å². The Morgan fingerprint density at radius 3 is 2.93 bits per heavy atom. The van der Waals surface area contributed by atoms with Crippen LogP contribution < -0.4 is 0 Å². The minimum Gasteiger partial charge on any atom is -0.389 e. The van der Waals surface area contributed by atoms with Gasteiger partial charge in [0.25, 0.3) is 0 Å². The summed E-state index contributed by atoms with van der Waals surface area (Å²) in [5.41, 5.74) is 3.08. The minimum atomic E-state index is -0.364. The summed E-state index contributed by atoms with van der Waals surface area (Å²) in [6.07, 6.45) is 4.21. The fourth-order valence-corrected chi connectivity index (χ4v) is 2.07. The molecule has 0 fully saturated rings. The predicted octanol–water partition coefficient (Wildman–Crippen LogP) is 3.06. The van der Waals surface area contributed by atoms with E-state index in [1.165, 1.54) is 6.07 Å². The first kappa shape index (κ1) is 10.4. The molecule has 0 aromatic heterocycles. The summed E-state index contributed by atoms with van der Waals surface area (Å²) in [4.78, 5) is 0. The van der Waals surface area contributed by atoms with Crippen molar-refractivity contribution in [2.75, 3.05) is 0 Å². The molecule has 1 N–H and O–H groups in total. The van der Waals surface area contributed by atoms with Crippen LogP contribution in [0.4, 0.5) is 4.39 Å². The van der Waals surface area contributed by atoms with Crippen LogP contribution in [0.5, 0.6) is 0 Å². The molecule has 0 radical (unpaired) electrons. The van der Waals surface area contributed by atoms with Crippen LogP contribution in [0, 0.1) is 12.7 Å². The second-order valence-corrected chi connectivity index (χ2v) is 4.11. The van der Waals surface area contributed by atoms with E-state index in [0.29, 0.717) is 0 Å². The van der Waals surface area contributed by atoms with E-state index in [0.717, 1.165) is 36.0 Å². The van der Waals surface area contributed by atoms with Crippen molar-refractivity contribution in [1.82, 2.24) is 0 Å². The molecular formula is C13H15FO. The van der Waals surface area contributed by atoms with Crippen LogP contribution in [0.1, 0.15) is 30.4 Å². The fourth-order valence-electron chi connectivity index (χ4n) is 2.07. The molecule has 1 aliphatic carbocycles. The van der Waals surface area contributed by atoms with E-state index in [9.17, 15) is 9.50 Å². The van der Waals surface area contributed by atoms with Crippen LogP contribution in [0.25, 0.3) is 5.57 Å². The number of benzene rings is 1. The maximum absolute atomic E-state index is 13.1. The van der Waals surface area contributed by atoms with Crippen LogP contribution in [0.3, 0.4) is 0 Å². The third-order valence-corrected chi connectivity index (χ3v) is 2.89. The summed E-state index contributed by atoms with van der Waals surface area (Å²) in [6, 6.07) is 4.81. The molecule has 0 spiro atoms. The Bertz CT molecular complexity index is 396. The topological polar surface area (TPSA) is 20.2 Å². The molecule has 80 valence electrons. The number of hydrogen-bond acceptors (Lipinski definition) is 1. The van der Waals surface area contributed by atoms with E-state index in [4.69, 9.17) is 0 Å². The number of aryl methyl sites for hydroxylation is 1. The first-order valence-corrected chi connectivity index (χ1v) is 5.32. The summed E-state index contributed by atoms with van der Waals surface area (Å²) < 4.78 is 13.1. The monoisotopic (exact) mass is 206 g/mol. The number of halogens is 1. The Hall–Kier alpha value is -1.15. The Kier molecular flexibility index (Phi) is 2.87. The van der Waals surface area contributed by atoms with Crippen molar-refractivity contribution in [3.05, 3.63) is 41.2 Å². The molecule has 1 aliphatic rings. The van der Waals surface area contributed by atoms with E-state index in [2.05, 4.69) is 0 Å². The molecule has 2 rings (SSSR count). The Morgan fingerprint density at radius 2 is 2.20 bits per heavy atom. The van der Waals surface area contributed by atoms with Gasteiger partial charge < -0.3 is 5.11 Å². The smallest absolute Gasteiger partial charge is 0.123 e. The first-order chi connectivity index (χ1) is 7.16. The summed E-state index contributed by atoms with van der Waals surface area (Å²) in [5.74, 6) is -0.212. The van der Waals surface area contributed by atoms with E-state index >= 15 is 0 Å². The average molecular weight is 206 g/mol. The van der Waals surface area contributed by atoms with Crippen molar-refractivity contribution in [3.63, 3.8) is 0 Å². The van der Waals surface area contributed by atoms with E-state index in [-0.39, 0.29) is 11.9 Å². The van der Waals surface area contributed by atoms with Gasteiger partial charge in [-0.1, -0.05) is 12.1 Å². The van der Waals surface area contributed by atoms with Gasteiger partial charge in [-0.2, -0.15) is 0 Å². The van der Waals surface area contributed by atoms with Crippen molar-refractivity contribution in [1.29, 1.82) is 0 Å². The van der Waals surface area contributed by atoms with Gasteiger partial charge in [0.1, 0.15) is 5.82 Å². The van der Waals surface area contributed by atoms with Crippen LogP contribution >= 0.6 is 0 Å². The summed E-state index contributed by atoms with van der Waals surface area (Å²) in [5, 5.41) is 9.53. The maximum Gasteiger partial charge on any atom is 0.123 e. The van der Waals surface area contributed by atoms with Crippen molar-refractivity contribution >= 4 is 5.57 Å². The lowest BCUT2D eigenvalue weighted by Gasteiger charge is -2.18. The number of hydrogen-bond donors (Lipinski definition) is 1. The molecule has 1 aromatic carbocycles. The zero-order valence-corrected chi connectivity index (χ0v) is 8.83. The summed E-state index contributed by atoms with van der Waals surface area (Å²) in [7, 11) is 0. The molecule has 0 amide bonds. The highest BCUT2D eigenvalue weighted by atomic mass is 19.1. The molecule has 0 bridgehead atoms. The van der Waals surface area contributed by atoms with Gasteiger partial charge in [-0.05, 0) is 55.0 Å². The number of aliphatic hydroxyl groups is 1. The van der Waals surface area contributed by atoms with Gasteiger partial charge in [0.15, 0.2) is 0 Å². The molecule has 1 atom stereocenters. The summed E-state index contributed by atoms with van der Waals surface area (Å²) >= 11 is 0. The zero-order chi connectivity index (χ0) is 10.8. The average Bonchev–Trinajstić information content (AvgIpc) is 2.22. The van der Waals surface area contributed by atoms with E-state index in [1.807, 2.05) is 13.0 Å². The highest BCUT2D eigenvalue weighted by Gasteiger charge is 2.14. The molecule has 15 heavy (non-hydrogen) atoms. The SMILES string of the molecule is Cc1ccc(F)cc1C1=CC(O)CCC1. The Morgan fingerprint density at radius 1 is 1.40 bits per heavy atom. The van der Waals surface area contributed by atoms with Gasteiger partial charge in [0.2, 0.25) is 0 Å². The summed E-state index contributed by atoms with van der Waals surface area (Å²) in [6.45, 7) is 1.97. The van der Waals surface area contributed by atoms with Crippen molar-refractivity contribution in [3.8, 4) is 0 Å². The number of aliphatic hydroxyl groups excluding tert-OH is 1. The first-order valence-electron chi connectivity index (χ1n) is 5.32. The standard InChI is InChI=1S/C13H15FO/c1-9-5-6-11(14)8-13(9)10-3-2-4-12(15)7-10/h5-8,12,15H,2-4H2,1H3. The maximum atomic E-state index is 13.1. The van der Waals surface area contributed by atoms with E-state index < -0.39 is 0 Å². The highest BCUT2D eigenvalue weighted by Crippen LogP contribution is 2.29. The third kappa shape index (κ3) is 2.26. The van der Waals surface area contributed by atoms with Crippen molar-refractivity contribution in [2.45, 2.75) is 32.3 Å². The molecule has 0 saturated heterocycles. The lowest BCUT2D eigenvalue weighted by molar-refractivity contribution is 0.206. The van der Waals surface area contributed by atoms with Gasteiger partial charge in [0, 0.05) is 0 Å². The van der Waals surface area contributed by atoms with Gasteiger partial charge in [-0.15, -0.1) is 0 Å². The molecule has 2 heteroatoms. The molecule has 1 aromatic rings. The molecular weight excluding hydrogens is 191 g/mol. The van der Waals surface area contributed by atoms with Crippen LogP contribution in [0.15, 0.2) is 24.3 Å². The second kappa shape index (κ2) is 4.15. The predicted molar refractivity (Wildman–Crippen MR) is 59.0 cm³/mol. The molecule has 0 heterocycles. The molecule has 0 saturated carbocycles. The molecule has 0 aliphatic heterocycles. The molecule has 1 nitrogen and oxygen atoms in total. The largest absolute Gasteiger partial charge is 0.389 e. The van der Waals surface area contributed by atoms with Gasteiger partial charge in [-0.25, -0.2) is 4.39 Å².